The van der Waals surface area contributed by atoms with Gasteiger partial charge in [0.25, 0.3) is 0 Å². The molecule has 1 aliphatic carbocycles. The first kappa shape index (κ1) is 19.4. The summed E-state index contributed by atoms with van der Waals surface area (Å²) < 4.78 is 5.31. The predicted octanol–water partition coefficient (Wildman–Crippen LogP) is 3.33. The van der Waals surface area contributed by atoms with Crippen LogP contribution in [-0.4, -0.2) is 34.5 Å². The highest BCUT2D eigenvalue weighted by molar-refractivity contribution is 5.86. The number of hydrogen-bond donors (Lipinski definition) is 2. The Morgan fingerprint density at radius 1 is 1.35 bits per heavy atom. The topological polar surface area (TPSA) is 93.1 Å². The van der Waals surface area contributed by atoms with Crippen molar-refractivity contribution in [3.63, 3.8) is 0 Å². The fourth-order valence-corrected chi connectivity index (χ4v) is 2.94. The molecular formula is C17H26O6. The fraction of sp³-hybridized carbons (Fsp3) is 0.647. The predicted molar refractivity (Wildman–Crippen MR) is 84.8 cm³/mol. The van der Waals surface area contributed by atoms with Crippen molar-refractivity contribution >= 4 is 11.9 Å². The van der Waals surface area contributed by atoms with Gasteiger partial charge in [-0.2, -0.15) is 0 Å². The van der Waals surface area contributed by atoms with E-state index in [0.717, 1.165) is 0 Å². The van der Waals surface area contributed by atoms with Crippen molar-refractivity contribution in [2.45, 2.75) is 65.1 Å². The molecule has 0 bridgehead atoms. The smallest absolute Gasteiger partial charge is 0.331 e. The molecule has 0 spiro atoms. The number of esters is 1. The van der Waals surface area contributed by atoms with Crippen molar-refractivity contribution in [2.75, 3.05) is 0 Å². The second-order valence-electron chi connectivity index (χ2n) is 6.83. The van der Waals surface area contributed by atoms with Gasteiger partial charge in [0.2, 0.25) is 0 Å². The summed E-state index contributed by atoms with van der Waals surface area (Å²) in [6.07, 6.45) is 2.70. The van der Waals surface area contributed by atoms with Crippen LogP contribution in [0.4, 0.5) is 0 Å². The van der Waals surface area contributed by atoms with Crippen molar-refractivity contribution in [3.8, 4) is 0 Å². The van der Waals surface area contributed by atoms with E-state index < -0.39 is 24.1 Å². The molecule has 0 fully saturated rings. The van der Waals surface area contributed by atoms with Gasteiger partial charge in [-0.15, -0.1) is 0 Å². The first-order valence-electron chi connectivity index (χ1n) is 7.72. The van der Waals surface area contributed by atoms with Crippen LogP contribution in [-0.2, 0) is 19.2 Å². The molecule has 1 aliphatic rings. The summed E-state index contributed by atoms with van der Waals surface area (Å²) in [6.45, 7) is 9.16. The lowest BCUT2D eigenvalue weighted by Gasteiger charge is -2.32. The summed E-state index contributed by atoms with van der Waals surface area (Å²) in [4.78, 5) is 27.3. The molecule has 0 saturated carbocycles. The van der Waals surface area contributed by atoms with E-state index in [1.54, 1.807) is 6.08 Å². The van der Waals surface area contributed by atoms with Gasteiger partial charge >= 0.3 is 11.9 Å². The minimum Gasteiger partial charge on any atom is -0.478 e. The Kier molecular flexibility index (Phi) is 6.97. The van der Waals surface area contributed by atoms with Gasteiger partial charge < -0.3 is 9.84 Å². The quantitative estimate of drug-likeness (QED) is 0.358. The Labute approximate surface area is 136 Å². The van der Waals surface area contributed by atoms with E-state index in [1.165, 1.54) is 6.92 Å². The number of carboxylic acid groups (broad SMARTS) is 1. The Hall–Kier alpha value is -1.66. The molecule has 0 radical (unpaired) electrons. The van der Waals surface area contributed by atoms with E-state index >= 15 is 0 Å². The van der Waals surface area contributed by atoms with Crippen LogP contribution in [0.15, 0.2) is 23.8 Å². The number of carboxylic acids is 1. The maximum Gasteiger partial charge on any atom is 0.331 e. The van der Waals surface area contributed by atoms with E-state index in [9.17, 15) is 14.7 Å². The first-order valence-corrected chi connectivity index (χ1v) is 7.72. The molecule has 0 aromatic rings. The molecule has 0 aromatic carbocycles. The van der Waals surface area contributed by atoms with E-state index in [4.69, 9.17) is 9.99 Å². The minimum absolute atomic E-state index is 0.162. The van der Waals surface area contributed by atoms with Crippen molar-refractivity contribution in [2.24, 2.45) is 5.41 Å². The molecule has 0 amide bonds. The van der Waals surface area contributed by atoms with E-state index in [1.807, 2.05) is 13.8 Å². The lowest BCUT2D eigenvalue weighted by Crippen LogP contribution is -2.30. The first-order chi connectivity index (χ1) is 10.6. The Bertz CT molecular complexity index is 491. The van der Waals surface area contributed by atoms with Crippen LogP contribution >= 0.6 is 0 Å². The highest BCUT2D eigenvalue weighted by atomic mass is 17.1. The summed E-state index contributed by atoms with van der Waals surface area (Å²) in [5, 5.41) is 18.5. The molecule has 23 heavy (non-hydrogen) atoms. The van der Waals surface area contributed by atoms with E-state index in [0.29, 0.717) is 31.3 Å². The fourth-order valence-electron chi connectivity index (χ4n) is 2.94. The minimum atomic E-state index is -1.01. The highest BCUT2D eigenvalue weighted by Crippen LogP contribution is 2.35. The highest BCUT2D eigenvalue weighted by Gasteiger charge is 2.32. The van der Waals surface area contributed by atoms with Gasteiger partial charge in [-0.25, -0.2) is 9.68 Å². The summed E-state index contributed by atoms with van der Waals surface area (Å²) >= 11 is 0. The van der Waals surface area contributed by atoms with Crippen LogP contribution in [0.25, 0.3) is 0 Å². The number of carbonyl (C=O) groups excluding carboxylic acids is 1. The third-order valence-electron chi connectivity index (χ3n) is 4.01. The Morgan fingerprint density at radius 3 is 2.52 bits per heavy atom. The summed E-state index contributed by atoms with van der Waals surface area (Å²) in [6, 6.07) is 0. The van der Waals surface area contributed by atoms with Gasteiger partial charge in [-0.3, -0.25) is 10.1 Å². The van der Waals surface area contributed by atoms with Gasteiger partial charge in [0.05, 0.1) is 0 Å². The zero-order chi connectivity index (χ0) is 17.6. The molecular weight excluding hydrogens is 300 g/mol. The van der Waals surface area contributed by atoms with Gasteiger partial charge in [0.15, 0.2) is 0 Å². The average molecular weight is 326 g/mol. The van der Waals surface area contributed by atoms with Crippen LogP contribution in [0.1, 0.15) is 52.9 Å². The third kappa shape index (κ3) is 6.54. The van der Waals surface area contributed by atoms with Crippen LogP contribution in [0, 0.1) is 5.41 Å². The number of allylic oxidation sites excluding steroid dienone is 1. The monoisotopic (exact) mass is 326 g/mol. The summed E-state index contributed by atoms with van der Waals surface area (Å²) in [7, 11) is 0. The largest absolute Gasteiger partial charge is 0.478 e. The number of rotatable bonds is 3. The van der Waals surface area contributed by atoms with Gasteiger partial charge in [0, 0.05) is 18.9 Å². The van der Waals surface area contributed by atoms with Crippen molar-refractivity contribution in [3.05, 3.63) is 23.8 Å². The number of hydrogen-bond acceptors (Lipinski definition) is 5. The molecule has 0 saturated heterocycles. The SMILES string of the molecule is C=C1CC/C=C(\C(=O)O)C[C@@H](OC(C)=O)CC(C)(C)C[C@@H]1OO. The standard InChI is InChI=1S/C17H26O6/c1-11-6-5-7-13(16(19)20)8-14(22-12(2)18)9-17(3,4)10-15(11)23-21/h7,14-15,21H,1,5-6,8-10H2,2-4H3,(H,19,20)/b13-7-/t14-,15+/m1/s1. The number of carbonyl (C=O) groups is 2. The number of aliphatic carboxylic acids is 1. The molecule has 130 valence electrons. The second kappa shape index (κ2) is 8.26. The molecule has 0 unspecified atom stereocenters. The van der Waals surface area contributed by atoms with Crippen LogP contribution in [0.2, 0.25) is 0 Å². The van der Waals surface area contributed by atoms with Crippen LogP contribution in [0.3, 0.4) is 0 Å². The molecule has 6 nitrogen and oxygen atoms in total. The van der Waals surface area contributed by atoms with E-state index in [-0.39, 0.29) is 17.4 Å². The molecule has 0 aromatic heterocycles. The molecule has 2 atom stereocenters. The zero-order valence-corrected chi connectivity index (χ0v) is 14.0. The average Bonchev–Trinajstić information content (AvgIpc) is 2.43. The van der Waals surface area contributed by atoms with Crippen molar-refractivity contribution in [1.82, 2.24) is 0 Å². The van der Waals surface area contributed by atoms with Gasteiger partial charge in [-0.1, -0.05) is 26.5 Å². The normalized spacial score (nSPS) is 28.2. The molecule has 6 heteroatoms. The van der Waals surface area contributed by atoms with Gasteiger partial charge in [0.1, 0.15) is 12.2 Å². The maximum absolute atomic E-state index is 11.4. The lowest BCUT2D eigenvalue weighted by atomic mass is 9.79. The van der Waals surface area contributed by atoms with E-state index in [2.05, 4.69) is 11.5 Å². The number of ether oxygens (including phenoxy) is 1. The molecule has 2 N–H and O–H groups in total. The van der Waals surface area contributed by atoms with Crippen LogP contribution in [0.5, 0.6) is 0 Å². The van der Waals surface area contributed by atoms with Crippen molar-refractivity contribution in [1.29, 1.82) is 0 Å². The van der Waals surface area contributed by atoms with Crippen molar-refractivity contribution < 1.29 is 29.6 Å². The molecule has 1 rings (SSSR count). The third-order valence-corrected chi connectivity index (χ3v) is 4.01. The maximum atomic E-state index is 11.4. The second-order valence-corrected chi connectivity index (χ2v) is 6.83. The molecule has 0 heterocycles. The van der Waals surface area contributed by atoms with Crippen LogP contribution < -0.4 is 0 Å². The van der Waals surface area contributed by atoms with Gasteiger partial charge in [-0.05, 0) is 36.7 Å². The molecule has 0 aliphatic heterocycles. The zero-order valence-electron chi connectivity index (χ0n) is 14.0. The summed E-state index contributed by atoms with van der Waals surface area (Å²) in [5.74, 6) is -1.45. The Morgan fingerprint density at radius 2 is 2.00 bits per heavy atom. The summed E-state index contributed by atoms with van der Waals surface area (Å²) in [5.41, 5.74) is 0.612. The lowest BCUT2D eigenvalue weighted by molar-refractivity contribution is -0.274. The Balaban J connectivity index is 3.10.